The van der Waals surface area contributed by atoms with Gasteiger partial charge in [-0.05, 0) is 20.0 Å². The monoisotopic (exact) mass is 245 g/mol. The number of hydrogen-bond donors (Lipinski definition) is 1. The maximum atomic E-state index is 5.67. The van der Waals surface area contributed by atoms with Crippen LogP contribution in [0.3, 0.4) is 0 Å². The van der Waals surface area contributed by atoms with Gasteiger partial charge in [-0.15, -0.1) is 0 Å². The van der Waals surface area contributed by atoms with Gasteiger partial charge in [0.25, 0.3) is 0 Å². The minimum Gasteiger partial charge on any atom is -0.494 e. The number of aryl methyl sites for hydroxylation is 1. The molecule has 0 amide bonds. The highest BCUT2D eigenvalue weighted by Crippen LogP contribution is 2.28. The second kappa shape index (κ2) is 5.69. The van der Waals surface area contributed by atoms with Crippen LogP contribution in [0.5, 0.6) is 5.75 Å². The van der Waals surface area contributed by atoms with E-state index in [4.69, 9.17) is 4.74 Å². The molecule has 1 atom stereocenters. The third-order valence-corrected chi connectivity index (χ3v) is 2.84. The number of nitrogens with one attached hydrogen (secondary N) is 1. The van der Waals surface area contributed by atoms with Gasteiger partial charge >= 0.3 is 0 Å². The minimum atomic E-state index is 0.0500. The van der Waals surface area contributed by atoms with Crippen molar-refractivity contribution in [2.24, 2.45) is 7.05 Å². The molecule has 1 aromatic heterocycles. The third kappa shape index (κ3) is 2.54. The van der Waals surface area contributed by atoms with Crippen LogP contribution < -0.4 is 10.1 Å². The average Bonchev–Trinajstić information content (AvgIpc) is 2.79. The minimum absolute atomic E-state index is 0.0500. The molecule has 0 radical (unpaired) electrons. The lowest BCUT2D eigenvalue weighted by Crippen LogP contribution is -2.19. The van der Waals surface area contributed by atoms with E-state index >= 15 is 0 Å². The number of imidazole rings is 1. The van der Waals surface area contributed by atoms with Crippen molar-refractivity contribution in [3.8, 4) is 5.75 Å². The Balaban J connectivity index is 2.38. The molecule has 4 heteroatoms. The Labute approximate surface area is 108 Å². The van der Waals surface area contributed by atoms with E-state index in [0.717, 1.165) is 17.0 Å². The zero-order valence-corrected chi connectivity index (χ0v) is 11.1. The highest BCUT2D eigenvalue weighted by atomic mass is 16.5. The summed E-state index contributed by atoms with van der Waals surface area (Å²) in [4.78, 5) is 4.41. The van der Waals surface area contributed by atoms with Crippen LogP contribution in [-0.2, 0) is 7.05 Å². The molecular weight excluding hydrogens is 226 g/mol. The molecule has 0 saturated heterocycles. The molecular formula is C14H19N3O. The van der Waals surface area contributed by atoms with E-state index in [0.29, 0.717) is 6.61 Å². The summed E-state index contributed by atoms with van der Waals surface area (Å²) in [5, 5.41) is 3.29. The zero-order valence-electron chi connectivity index (χ0n) is 11.1. The van der Waals surface area contributed by atoms with Gasteiger partial charge in [0.1, 0.15) is 5.75 Å². The van der Waals surface area contributed by atoms with Gasteiger partial charge in [0.2, 0.25) is 0 Å². The van der Waals surface area contributed by atoms with Crippen molar-refractivity contribution in [3.05, 3.63) is 48.0 Å². The van der Waals surface area contributed by atoms with Crippen LogP contribution in [0, 0.1) is 0 Å². The molecule has 0 fully saturated rings. The fourth-order valence-electron chi connectivity index (χ4n) is 2.05. The van der Waals surface area contributed by atoms with E-state index in [2.05, 4.69) is 16.4 Å². The van der Waals surface area contributed by atoms with Gasteiger partial charge in [-0.3, -0.25) is 0 Å². The van der Waals surface area contributed by atoms with Gasteiger partial charge in [0, 0.05) is 18.8 Å². The van der Waals surface area contributed by atoms with E-state index in [1.54, 1.807) is 0 Å². The third-order valence-electron chi connectivity index (χ3n) is 2.84. The highest BCUT2D eigenvalue weighted by Gasteiger charge is 2.18. The summed E-state index contributed by atoms with van der Waals surface area (Å²) in [6.07, 6.45) is 3.83. The SMILES string of the molecule is CCOc1ccccc1C(NC)c1cn(C)cn1. The fourth-order valence-corrected chi connectivity index (χ4v) is 2.05. The van der Waals surface area contributed by atoms with Crippen molar-refractivity contribution in [1.29, 1.82) is 0 Å². The van der Waals surface area contributed by atoms with Crippen LogP contribution >= 0.6 is 0 Å². The predicted octanol–water partition coefficient (Wildman–Crippen LogP) is 2.13. The standard InChI is InChI=1S/C14H19N3O/c1-4-18-13-8-6-5-7-11(13)14(15-2)12-9-17(3)10-16-12/h5-10,14-15H,4H2,1-3H3. The topological polar surface area (TPSA) is 39.1 Å². The van der Waals surface area contributed by atoms with Gasteiger partial charge in [0.15, 0.2) is 0 Å². The summed E-state index contributed by atoms with van der Waals surface area (Å²) in [6.45, 7) is 2.65. The van der Waals surface area contributed by atoms with E-state index in [9.17, 15) is 0 Å². The Morgan fingerprint density at radius 1 is 1.39 bits per heavy atom. The summed E-state index contributed by atoms with van der Waals surface area (Å²) < 4.78 is 7.62. The maximum absolute atomic E-state index is 5.67. The Morgan fingerprint density at radius 3 is 2.78 bits per heavy atom. The van der Waals surface area contributed by atoms with Crippen LogP contribution in [0.25, 0.3) is 0 Å². The molecule has 4 nitrogen and oxygen atoms in total. The first kappa shape index (κ1) is 12.6. The Hall–Kier alpha value is -1.81. The molecule has 0 spiro atoms. The Bertz CT molecular complexity index is 507. The molecule has 0 aliphatic carbocycles. The van der Waals surface area contributed by atoms with Crippen LogP contribution in [0.2, 0.25) is 0 Å². The first-order chi connectivity index (χ1) is 8.76. The largest absolute Gasteiger partial charge is 0.494 e. The van der Waals surface area contributed by atoms with E-state index in [1.165, 1.54) is 0 Å². The lowest BCUT2D eigenvalue weighted by molar-refractivity contribution is 0.334. The normalized spacial score (nSPS) is 12.4. The molecule has 0 aliphatic rings. The van der Waals surface area contributed by atoms with Gasteiger partial charge < -0.3 is 14.6 Å². The summed E-state index contributed by atoms with van der Waals surface area (Å²) in [5.41, 5.74) is 2.10. The number of benzene rings is 1. The highest BCUT2D eigenvalue weighted by molar-refractivity contribution is 5.39. The number of hydrogen-bond acceptors (Lipinski definition) is 3. The summed E-state index contributed by atoms with van der Waals surface area (Å²) in [7, 11) is 3.90. The van der Waals surface area contributed by atoms with Gasteiger partial charge in [-0.2, -0.15) is 0 Å². The van der Waals surface area contributed by atoms with Crippen molar-refractivity contribution in [1.82, 2.24) is 14.9 Å². The lowest BCUT2D eigenvalue weighted by atomic mass is 10.0. The van der Waals surface area contributed by atoms with Gasteiger partial charge in [-0.1, -0.05) is 18.2 Å². The molecule has 18 heavy (non-hydrogen) atoms. The molecule has 1 aromatic carbocycles. The molecule has 2 aromatic rings. The number of ether oxygens (including phenoxy) is 1. The van der Waals surface area contributed by atoms with Crippen molar-refractivity contribution in [2.75, 3.05) is 13.7 Å². The van der Waals surface area contributed by atoms with Crippen LogP contribution in [-0.4, -0.2) is 23.2 Å². The zero-order chi connectivity index (χ0) is 13.0. The lowest BCUT2D eigenvalue weighted by Gasteiger charge is -2.18. The number of nitrogens with zero attached hydrogens (tertiary/aromatic N) is 2. The number of rotatable bonds is 5. The van der Waals surface area contributed by atoms with Crippen molar-refractivity contribution in [2.45, 2.75) is 13.0 Å². The predicted molar refractivity (Wildman–Crippen MR) is 71.7 cm³/mol. The molecule has 1 unspecified atom stereocenters. The molecule has 1 N–H and O–H groups in total. The molecule has 0 saturated carbocycles. The van der Waals surface area contributed by atoms with Crippen molar-refractivity contribution >= 4 is 0 Å². The number of para-hydroxylation sites is 1. The fraction of sp³-hybridized carbons (Fsp3) is 0.357. The second-order valence-electron chi connectivity index (χ2n) is 4.16. The van der Waals surface area contributed by atoms with Gasteiger partial charge in [-0.25, -0.2) is 4.98 Å². The number of aromatic nitrogens is 2. The average molecular weight is 245 g/mol. The Morgan fingerprint density at radius 2 is 2.17 bits per heavy atom. The first-order valence-electron chi connectivity index (χ1n) is 6.13. The maximum Gasteiger partial charge on any atom is 0.124 e. The summed E-state index contributed by atoms with van der Waals surface area (Å²) in [6, 6.07) is 8.12. The smallest absolute Gasteiger partial charge is 0.124 e. The molecule has 2 rings (SSSR count). The van der Waals surface area contributed by atoms with E-state index < -0.39 is 0 Å². The molecule has 1 heterocycles. The van der Waals surface area contributed by atoms with Crippen molar-refractivity contribution < 1.29 is 4.74 Å². The summed E-state index contributed by atoms with van der Waals surface area (Å²) >= 11 is 0. The Kier molecular flexibility index (Phi) is 3.99. The molecule has 0 aliphatic heterocycles. The van der Waals surface area contributed by atoms with Gasteiger partial charge in [0.05, 0.1) is 24.7 Å². The second-order valence-corrected chi connectivity index (χ2v) is 4.16. The summed E-state index contributed by atoms with van der Waals surface area (Å²) in [5.74, 6) is 0.907. The van der Waals surface area contributed by atoms with Crippen LogP contribution in [0.15, 0.2) is 36.8 Å². The van der Waals surface area contributed by atoms with E-state index in [-0.39, 0.29) is 6.04 Å². The van der Waals surface area contributed by atoms with Crippen LogP contribution in [0.1, 0.15) is 24.2 Å². The van der Waals surface area contributed by atoms with E-state index in [1.807, 2.05) is 56.3 Å². The molecule has 0 bridgehead atoms. The van der Waals surface area contributed by atoms with Crippen LogP contribution in [0.4, 0.5) is 0 Å². The van der Waals surface area contributed by atoms with Crippen molar-refractivity contribution in [3.63, 3.8) is 0 Å². The first-order valence-corrected chi connectivity index (χ1v) is 6.13. The quantitative estimate of drug-likeness (QED) is 0.877. The molecule has 96 valence electrons.